The standard InChI is InChI=1S/C30H18F3N3O7S/c31-30(32,33)18-7-13-25(23(16-18)36(40)41)43-26-12-6-17(15-24(26)37)14-22-27(38)34-29(44)35(28(22)39)19-8-10-21(11-9-19)42-20-4-2-1-3-5-20/h1-16,37H,(H,34,38,44). The van der Waals surface area contributed by atoms with Gasteiger partial charge in [-0.15, -0.1) is 0 Å². The number of nitrogens with one attached hydrogen (secondary N) is 1. The van der Waals surface area contributed by atoms with Gasteiger partial charge in [-0.05, 0) is 84.5 Å². The van der Waals surface area contributed by atoms with Gasteiger partial charge in [0.1, 0.15) is 17.1 Å². The van der Waals surface area contributed by atoms with Gasteiger partial charge in [0, 0.05) is 6.07 Å². The number of nitro groups is 1. The van der Waals surface area contributed by atoms with Crippen molar-refractivity contribution in [3.63, 3.8) is 0 Å². The highest BCUT2D eigenvalue weighted by molar-refractivity contribution is 7.80. The highest BCUT2D eigenvalue weighted by atomic mass is 32.1. The quantitative estimate of drug-likeness (QED) is 0.0763. The van der Waals surface area contributed by atoms with Crippen LogP contribution in [0.4, 0.5) is 24.5 Å². The van der Waals surface area contributed by atoms with Crippen molar-refractivity contribution in [2.24, 2.45) is 0 Å². The van der Waals surface area contributed by atoms with E-state index in [1.807, 2.05) is 18.2 Å². The van der Waals surface area contributed by atoms with Crippen LogP contribution >= 0.6 is 12.2 Å². The first-order valence-electron chi connectivity index (χ1n) is 12.5. The second-order valence-electron chi connectivity index (χ2n) is 9.13. The maximum absolute atomic E-state index is 13.4. The summed E-state index contributed by atoms with van der Waals surface area (Å²) in [4.78, 5) is 37.5. The fourth-order valence-electron chi connectivity index (χ4n) is 4.10. The van der Waals surface area contributed by atoms with E-state index in [-0.39, 0.29) is 22.0 Å². The van der Waals surface area contributed by atoms with Gasteiger partial charge in [-0.25, -0.2) is 0 Å². The highest BCUT2D eigenvalue weighted by Crippen LogP contribution is 2.40. The zero-order valence-corrected chi connectivity index (χ0v) is 22.9. The number of benzene rings is 4. The Morgan fingerprint density at radius 1 is 0.886 bits per heavy atom. The lowest BCUT2D eigenvalue weighted by Gasteiger charge is -2.29. The minimum absolute atomic E-state index is 0.154. The molecule has 0 saturated carbocycles. The first-order chi connectivity index (χ1) is 20.9. The number of alkyl halides is 3. The molecule has 14 heteroatoms. The molecule has 1 aliphatic rings. The van der Waals surface area contributed by atoms with Crippen LogP contribution in [-0.2, 0) is 15.8 Å². The van der Waals surface area contributed by atoms with Gasteiger partial charge in [-0.1, -0.05) is 24.3 Å². The summed E-state index contributed by atoms with van der Waals surface area (Å²) in [5, 5.41) is 24.1. The molecule has 44 heavy (non-hydrogen) atoms. The van der Waals surface area contributed by atoms with Crippen LogP contribution in [0, 0.1) is 10.1 Å². The number of carbonyl (C=O) groups is 2. The summed E-state index contributed by atoms with van der Waals surface area (Å²) in [6.45, 7) is 0. The van der Waals surface area contributed by atoms with Crippen LogP contribution in [0.15, 0.2) is 96.6 Å². The fourth-order valence-corrected chi connectivity index (χ4v) is 4.38. The molecule has 0 unspecified atom stereocenters. The SMILES string of the molecule is O=C1NC(=S)N(c2ccc(Oc3ccccc3)cc2)C(=O)C1=Cc1ccc(Oc2ccc(C(F)(F)F)cc2[N+](=O)[O-])c(O)c1. The Morgan fingerprint density at radius 2 is 1.55 bits per heavy atom. The summed E-state index contributed by atoms with van der Waals surface area (Å²) >= 11 is 5.22. The van der Waals surface area contributed by atoms with Gasteiger partial charge in [0.2, 0.25) is 5.75 Å². The Labute approximate surface area is 251 Å². The van der Waals surface area contributed by atoms with E-state index >= 15 is 0 Å². The summed E-state index contributed by atoms with van der Waals surface area (Å²) in [6, 6.07) is 20.7. The summed E-state index contributed by atoms with van der Waals surface area (Å²) in [5.74, 6) is -1.88. The van der Waals surface area contributed by atoms with Gasteiger partial charge in [0.15, 0.2) is 16.6 Å². The number of amides is 2. The molecule has 5 rings (SSSR count). The number of nitro benzene ring substituents is 1. The van der Waals surface area contributed by atoms with Crippen molar-refractivity contribution >= 4 is 46.6 Å². The Kier molecular flexibility index (Phi) is 8.01. The van der Waals surface area contributed by atoms with E-state index in [9.17, 15) is 38.0 Å². The number of ether oxygens (including phenoxy) is 2. The van der Waals surface area contributed by atoms with Gasteiger partial charge < -0.3 is 14.6 Å². The lowest BCUT2D eigenvalue weighted by molar-refractivity contribution is -0.385. The number of anilines is 1. The topological polar surface area (TPSA) is 131 Å². The molecular formula is C30H18F3N3O7S. The molecule has 0 aliphatic carbocycles. The Balaban J connectivity index is 1.37. The highest BCUT2D eigenvalue weighted by Gasteiger charge is 2.35. The number of aromatic hydroxyl groups is 1. The fraction of sp³-hybridized carbons (Fsp3) is 0.0333. The summed E-state index contributed by atoms with van der Waals surface area (Å²) < 4.78 is 50.1. The molecular weight excluding hydrogens is 603 g/mol. The summed E-state index contributed by atoms with van der Waals surface area (Å²) in [6.07, 6.45) is -3.63. The minimum atomic E-state index is -4.82. The molecule has 2 amide bonds. The number of phenolic OH excluding ortho intramolecular Hbond substituents is 1. The molecule has 0 bridgehead atoms. The Morgan fingerprint density at radius 3 is 2.18 bits per heavy atom. The maximum Gasteiger partial charge on any atom is 0.416 e. The molecule has 4 aromatic carbocycles. The number of hydrogen-bond acceptors (Lipinski definition) is 8. The monoisotopic (exact) mass is 621 g/mol. The molecule has 0 radical (unpaired) electrons. The van der Waals surface area contributed by atoms with Crippen molar-refractivity contribution in [1.82, 2.24) is 5.32 Å². The second kappa shape index (κ2) is 11.9. The molecule has 1 heterocycles. The molecule has 222 valence electrons. The number of carbonyl (C=O) groups excluding carboxylic acids is 2. The van der Waals surface area contributed by atoms with Crippen LogP contribution in [0.1, 0.15) is 11.1 Å². The van der Waals surface area contributed by atoms with Crippen molar-refractivity contribution in [2.45, 2.75) is 6.18 Å². The van der Waals surface area contributed by atoms with Crippen LogP contribution in [0.2, 0.25) is 0 Å². The van der Waals surface area contributed by atoms with Crippen LogP contribution < -0.4 is 19.7 Å². The molecule has 4 aromatic rings. The van der Waals surface area contributed by atoms with E-state index in [1.165, 1.54) is 18.2 Å². The largest absolute Gasteiger partial charge is 0.504 e. The summed E-state index contributed by atoms with van der Waals surface area (Å²) in [7, 11) is 0. The molecule has 1 fully saturated rings. The minimum Gasteiger partial charge on any atom is -0.504 e. The maximum atomic E-state index is 13.4. The van der Waals surface area contributed by atoms with Crippen LogP contribution in [0.25, 0.3) is 6.08 Å². The lowest BCUT2D eigenvalue weighted by Crippen LogP contribution is -2.54. The Hall–Kier alpha value is -5.76. The van der Waals surface area contributed by atoms with E-state index in [1.54, 1.807) is 36.4 Å². The van der Waals surface area contributed by atoms with E-state index in [2.05, 4.69) is 5.32 Å². The van der Waals surface area contributed by atoms with Crippen molar-refractivity contribution < 1.29 is 42.3 Å². The second-order valence-corrected chi connectivity index (χ2v) is 9.52. The lowest BCUT2D eigenvalue weighted by atomic mass is 10.1. The number of para-hydroxylation sites is 1. The number of hydrogen-bond donors (Lipinski definition) is 2. The number of thiocarbonyl (C=S) groups is 1. The molecule has 0 aromatic heterocycles. The molecule has 0 atom stereocenters. The van der Waals surface area contributed by atoms with Gasteiger partial charge in [-0.2, -0.15) is 13.2 Å². The van der Waals surface area contributed by atoms with Crippen molar-refractivity contribution in [3.05, 3.63) is 118 Å². The average Bonchev–Trinajstić information content (AvgIpc) is 2.97. The number of nitrogens with zero attached hydrogens (tertiary/aromatic N) is 2. The third-order valence-electron chi connectivity index (χ3n) is 6.17. The Bertz CT molecular complexity index is 1830. The van der Waals surface area contributed by atoms with Crippen molar-refractivity contribution in [1.29, 1.82) is 0 Å². The van der Waals surface area contributed by atoms with Crippen LogP contribution in [0.3, 0.4) is 0 Å². The first kappa shape index (κ1) is 29.7. The normalized spacial score (nSPS) is 14.4. The van der Waals surface area contributed by atoms with Crippen LogP contribution in [-0.4, -0.2) is 27.0 Å². The predicted molar refractivity (Wildman–Crippen MR) is 155 cm³/mol. The molecule has 10 nitrogen and oxygen atoms in total. The third-order valence-corrected chi connectivity index (χ3v) is 6.46. The van der Waals surface area contributed by atoms with Gasteiger partial charge in [0.05, 0.1) is 16.2 Å². The number of phenols is 1. The molecule has 1 saturated heterocycles. The molecule has 2 N–H and O–H groups in total. The van der Waals surface area contributed by atoms with Crippen molar-refractivity contribution in [3.8, 4) is 28.7 Å². The third kappa shape index (κ3) is 6.34. The van der Waals surface area contributed by atoms with Crippen LogP contribution in [0.5, 0.6) is 28.7 Å². The smallest absolute Gasteiger partial charge is 0.416 e. The van der Waals surface area contributed by atoms with E-state index in [0.717, 1.165) is 17.0 Å². The first-order valence-corrected chi connectivity index (χ1v) is 12.9. The van der Waals surface area contributed by atoms with E-state index in [4.69, 9.17) is 21.7 Å². The molecule has 0 spiro atoms. The van der Waals surface area contributed by atoms with Gasteiger partial charge in [-0.3, -0.25) is 29.9 Å². The van der Waals surface area contributed by atoms with E-state index in [0.29, 0.717) is 29.3 Å². The summed E-state index contributed by atoms with van der Waals surface area (Å²) in [5.41, 5.74) is -2.03. The van der Waals surface area contributed by atoms with Gasteiger partial charge in [0.25, 0.3) is 11.8 Å². The zero-order chi connectivity index (χ0) is 31.6. The predicted octanol–water partition coefficient (Wildman–Crippen LogP) is 6.74. The number of rotatable bonds is 7. The van der Waals surface area contributed by atoms with E-state index < -0.39 is 45.7 Å². The average molecular weight is 622 g/mol. The number of halogens is 3. The zero-order valence-electron chi connectivity index (χ0n) is 22.1. The molecule has 1 aliphatic heterocycles. The van der Waals surface area contributed by atoms with Gasteiger partial charge >= 0.3 is 11.9 Å². The van der Waals surface area contributed by atoms with Crippen molar-refractivity contribution in [2.75, 3.05) is 4.90 Å².